The monoisotopic (exact) mass is 292 g/mol. The highest BCUT2D eigenvalue weighted by molar-refractivity contribution is 9.09. The van der Waals surface area contributed by atoms with Gasteiger partial charge in [-0.15, -0.1) is 24.2 Å². The van der Waals surface area contributed by atoms with E-state index in [1.54, 1.807) is 6.92 Å². The molecule has 0 spiro atoms. The minimum absolute atomic E-state index is 0.0684. The van der Waals surface area contributed by atoms with Gasteiger partial charge in [0, 0.05) is 10.8 Å². The lowest BCUT2D eigenvalue weighted by atomic mass is 10.1. The van der Waals surface area contributed by atoms with Crippen LogP contribution in [0.5, 0.6) is 0 Å². The molecule has 1 aromatic carbocycles. The lowest BCUT2D eigenvalue weighted by Crippen LogP contribution is -2.02. The lowest BCUT2D eigenvalue weighted by molar-refractivity contribution is -0.116. The normalized spacial score (nSPS) is 12.6. The van der Waals surface area contributed by atoms with Crippen molar-refractivity contribution in [2.75, 3.05) is 0 Å². The zero-order chi connectivity index (χ0) is 10.7. The van der Waals surface area contributed by atoms with Crippen LogP contribution in [0.25, 0.3) is 0 Å². The van der Waals surface area contributed by atoms with Gasteiger partial charge in [0.05, 0.1) is 4.83 Å². The number of benzene rings is 1. The highest BCUT2D eigenvalue weighted by Gasteiger charge is 2.15. The molecule has 14 heavy (non-hydrogen) atoms. The van der Waals surface area contributed by atoms with Gasteiger partial charge in [-0.05, 0) is 24.1 Å². The maximum Gasteiger partial charge on any atom is 0.147 e. The van der Waals surface area contributed by atoms with Gasteiger partial charge in [-0.2, -0.15) is 0 Å². The highest BCUT2D eigenvalue weighted by atomic mass is 79.9. The number of thiol groups is 1. The average molecular weight is 294 g/mol. The molecule has 0 heterocycles. The van der Waals surface area contributed by atoms with E-state index in [0.717, 1.165) is 16.0 Å². The summed E-state index contributed by atoms with van der Waals surface area (Å²) in [6.45, 7) is 1.54. The molecule has 4 heteroatoms. The van der Waals surface area contributed by atoms with Crippen LogP contribution in [0.3, 0.4) is 0 Å². The van der Waals surface area contributed by atoms with Gasteiger partial charge in [-0.3, -0.25) is 4.79 Å². The van der Waals surface area contributed by atoms with Crippen LogP contribution in [0, 0.1) is 0 Å². The first-order chi connectivity index (χ1) is 6.56. The maximum absolute atomic E-state index is 11.1. The van der Waals surface area contributed by atoms with Crippen LogP contribution in [0.1, 0.15) is 22.9 Å². The molecule has 0 fully saturated rings. The Kier molecular flexibility index (Phi) is 4.48. The third-order valence-electron chi connectivity index (χ3n) is 1.88. The van der Waals surface area contributed by atoms with Gasteiger partial charge in [-0.25, -0.2) is 0 Å². The molecule has 0 aromatic heterocycles. The van der Waals surface area contributed by atoms with Crippen molar-refractivity contribution in [3.63, 3.8) is 0 Å². The van der Waals surface area contributed by atoms with E-state index in [2.05, 4.69) is 28.6 Å². The van der Waals surface area contributed by atoms with Crippen LogP contribution in [0.15, 0.2) is 23.1 Å². The predicted molar refractivity (Wildman–Crippen MR) is 65.6 cm³/mol. The van der Waals surface area contributed by atoms with E-state index >= 15 is 0 Å². The number of ketones is 1. The third kappa shape index (κ3) is 2.75. The SMILES string of the molecule is CC(=O)C(Br)c1ccc(CCl)cc1S. The third-order valence-corrected chi connectivity index (χ3v) is 3.71. The second kappa shape index (κ2) is 5.19. The molecule has 0 saturated heterocycles. The van der Waals surface area contributed by atoms with E-state index in [4.69, 9.17) is 11.6 Å². The number of rotatable bonds is 3. The van der Waals surface area contributed by atoms with Gasteiger partial charge < -0.3 is 0 Å². The Morgan fingerprint density at radius 1 is 1.64 bits per heavy atom. The number of alkyl halides is 2. The van der Waals surface area contributed by atoms with Crippen LogP contribution in [0.2, 0.25) is 0 Å². The summed E-state index contributed by atoms with van der Waals surface area (Å²) >= 11 is 13.3. The zero-order valence-corrected chi connectivity index (χ0v) is 10.9. The summed E-state index contributed by atoms with van der Waals surface area (Å²) in [5.41, 5.74) is 1.89. The summed E-state index contributed by atoms with van der Waals surface area (Å²) in [7, 11) is 0. The smallest absolute Gasteiger partial charge is 0.147 e. The summed E-state index contributed by atoms with van der Waals surface area (Å²) in [4.78, 5) is 11.7. The highest BCUT2D eigenvalue weighted by Crippen LogP contribution is 2.29. The molecule has 0 aliphatic rings. The Bertz CT molecular complexity index is 354. The fraction of sp³-hybridized carbons (Fsp3) is 0.300. The maximum atomic E-state index is 11.1. The average Bonchev–Trinajstić information content (AvgIpc) is 2.16. The van der Waals surface area contributed by atoms with Gasteiger partial charge in [0.25, 0.3) is 0 Å². The Labute approximate surface area is 102 Å². The summed E-state index contributed by atoms with van der Waals surface area (Å²) in [6.07, 6.45) is 0. The fourth-order valence-electron chi connectivity index (χ4n) is 1.11. The summed E-state index contributed by atoms with van der Waals surface area (Å²) in [5.74, 6) is 0.528. The number of hydrogen-bond donors (Lipinski definition) is 1. The minimum Gasteiger partial charge on any atom is -0.298 e. The molecule has 1 unspecified atom stereocenters. The van der Waals surface area contributed by atoms with Crippen LogP contribution < -0.4 is 0 Å². The van der Waals surface area contributed by atoms with Crippen LogP contribution in [-0.4, -0.2) is 5.78 Å². The molecule has 1 rings (SSSR count). The summed E-state index contributed by atoms with van der Waals surface area (Å²) < 4.78 is 0. The standard InChI is InChI=1S/C10H10BrClOS/c1-6(13)10(11)8-3-2-7(5-12)4-9(8)14/h2-4,10,14H,5H2,1H3. The molecule has 0 amide bonds. The Hall–Kier alpha value is 0.01000. The number of carbonyl (C=O) groups excluding carboxylic acids is 1. The molecule has 0 aliphatic carbocycles. The largest absolute Gasteiger partial charge is 0.298 e. The number of hydrogen-bond acceptors (Lipinski definition) is 2. The predicted octanol–water partition coefficient (Wildman–Crippen LogP) is 3.74. The first-order valence-corrected chi connectivity index (χ1v) is 5.98. The van der Waals surface area contributed by atoms with E-state index in [1.165, 1.54) is 0 Å². The number of halogens is 2. The second-order valence-electron chi connectivity index (χ2n) is 3.00. The Morgan fingerprint density at radius 2 is 2.29 bits per heavy atom. The second-order valence-corrected chi connectivity index (χ2v) is 4.66. The molecule has 0 N–H and O–H groups in total. The zero-order valence-electron chi connectivity index (χ0n) is 7.63. The molecule has 1 nitrogen and oxygen atoms in total. The van der Waals surface area contributed by atoms with Crippen molar-refractivity contribution in [3.8, 4) is 0 Å². The Balaban J connectivity index is 3.05. The van der Waals surface area contributed by atoms with Crippen molar-refractivity contribution in [3.05, 3.63) is 29.3 Å². The molecule has 76 valence electrons. The van der Waals surface area contributed by atoms with Crippen molar-refractivity contribution >= 4 is 45.9 Å². The van der Waals surface area contributed by atoms with Gasteiger partial charge >= 0.3 is 0 Å². The molecule has 0 bridgehead atoms. The summed E-state index contributed by atoms with van der Waals surface area (Å²) in [5, 5.41) is 0. The lowest BCUT2D eigenvalue weighted by Gasteiger charge is -2.10. The van der Waals surface area contributed by atoms with Crippen molar-refractivity contribution in [1.82, 2.24) is 0 Å². The number of Topliss-reactive ketones (excluding diaryl/α,β-unsaturated/α-hetero) is 1. The molecule has 0 aliphatic heterocycles. The van der Waals surface area contributed by atoms with Crippen LogP contribution >= 0.6 is 40.2 Å². The topological polar surface area (TPSA) is 17.1 Å². The van der Waals surface area contributed by atoms with Gasteiger partial charge in [0.1, 0.15) is 5.78 Å². The van der Waals surface area contributed by atoms with E-state index in [-0.39, 0.29) is 10.6 Å². The van der Waals surface area contributed by atoms with Crippen molar-refractivity contribution in [2.24, 2.45) is 0 Å². The quantitative estimate of drug-likeness (QED) is 0.663. The van der Waals surface area contributed by atoms with Crippen LogP contribution in [0.4, 0.5) is 0 Å². The van der Waals surface area contributed by atoms with E-state index in [1.807, 2.05) is 18.2 Å². The molecule has 1 aromatic rings. The summed E-state index contributed by atoms with van der Waals surface area (Å²) in [6, 6.07) is 5.66. The molecule has 1 atom stereocenters. The number of carbonyl (C=O) groups is 1. The van der Waals surface area contributed by atoms with Gasteiger partial charge in [0.15, 0.2) is 0 Å². The Morgan fingerprint density at radius 3 is 2.71 bits per heavy atom. The van der Waals surface area contributed by atoms with E-state index in [9.17, 15) is 4.79 Å². The van der Waals surface area contributed by atoms with Crippen molar-refractivity contribution in [2.45, 2.75) is 22.5 Å². The molecule has 0 saturated carbocycles. The fourth-order valence-corrected chi connectivity index (χ4v) is 2.22. The minimum atomic E-state index is -0.278. The molecule has 0 radical (unpaired) electrons. The molecular formula is C10H10BrClOS. The van der Waals surface area contributed by atoms with Gasteiger partial charge in [0.2, 0.25) is 0 Å². The van der Waals surface area contributed by atoms with Crippen molar-refractivity contribution in [1.29, 1.82) is 0 Å². The first kappa shape index (κ1) is 12.1. The van der Waals surface area contributed by atoms with E-state index < -0.39 is 0 Å². The molecular weight excluding hydrogens is 284 g/mol. The van der Waals surface area contributed by atoms with Crippen LogP contribution in [-0.2, 0) is 10.7 Å². The first-order valence-electron chi connectivity index (χ1n) is 4.08. The van der Waals surface area contributed by atoms with Crippen molar-refractivity contribution < 1.29 is 4.79 Å². The van der Waals surface area contributed by atoms with Gasteiger partial charge in [-0.1, -0.05) is 28.1 Å². The van der Waals surface area contributed by atoms with E-state index in [0.29, 0.717) is 5.88 Å².